The molecule has 128 valence electrons. The molecule has 1 aromatic rings. The van der Waals surface area contributed by atoms with Crippen molar-refractivity contribution in [3.63, 3.8) is 0 Å². The van der Waals surface area contributed by atoms with Gasteiger partial charge in [0.2, 0.25) is 0 Å². The molecule has 0 saturated carbocycles. The van der Waals surface area contributed by atoms with E-state index in [1.165, 1.54) is 5.69 Å². The van der Waals surface area contributed by atoms with E-state index >= 15 is 0 Å². The number of anilines is 1. The van der Waals surface area contributed by atoms with Crippen LogP contribution in [0.25, 0.3) is 0 Å². The molecule has 0 bridgehead atoms. The van der Waals surface area contributed by atoms with Crippen molar-refractivity contribution in [2.24, 2.45) is 0 Å². The van der Waals surface area contributed by atoms with Crippen molar-refractivity contribution in [1.82, 2.24) is 14.7 Å². The van der Waals surface area contributed by atoms with E-state index in [0.717, 1.165) is 36.0 Å². The number of imide groups is 2. The summed E-state index contributed by atoms with van der Waals surface area (Å²) in [6, 6.07) is 9.33. The number of para-hydroxylation sites is 1. The molecule has 2 aliphatic heterocycles. The fourth-order valence-corrected chi connectivity index (χ4v) is 3.09. The van der Waals surface area contributed by atoms with Gasteiger partial charge >= 0.3 is 17.8 Å². The van der Waals surface area contributed by atoms with Crippen molar-refractivity contribution in [2.75, 3.05) is 37.7 Å². The summed E-state index contributed by atoms with van der Waals surface area (Å²) in [5, 5.41) is 0. The molecule has 1 aromatic carbocycles. The molecule has 0 radical (unpaired) electrons. The fraction of sp³-hybridized carbons (Fsp3) is 0.471. The van der Waals surface area contributed by atoms with Crippen LogP contribution in [0.1, 0.15) is 13.8 Å². The van der Waals surface area contributed by atoms with Gasteiger partial charge in [-0.1, -0.05) is 18.2 Å². The van der Waals surface area contributed by atoms with Gasteiger partial charge in [-0.25, -0.2) is 9.69 Å². The van der Waals surface area contributed by atoms with Crippen LogP contribution in [0.3, 0.4) is 0 Å². The summed E-state index contributed by atoms with van der Waals surface area (Å²) < 4.78 is 0. The Bertz CT molecular complexity index is 638. The van der Waals surface area contributed by atoms with E-state index in [2.05, 4.69) is 17.0 Å². The highest BCUT2D eigenvalue weighted by Crippen LogP contribution is 2.18. The molecule has 0 N–H and O–H groups in total. The normalized spacial score (nSPS) is 19.8. The van der Waals surface area contributed by atoms with Gasteiger partial charge in [-0.05, 0) is 26.0 Å². The molecule has 0 aliphatic carbocycles. The molecule has 2 saturated heterocycles. The van der Waals surface area contributed by atoms with Crippen molar-refractivity contribution in [3.8, 4) is 0 Å². The van der Waals surface area contributed by atoms with Crippen molar-refractivity contribution >= 4 is 23.5 Å². The molecule has 0 atom stereocenters. The zero-order chi connectivity index (χ0) is 17.3. The monoisotopic (exact) mass is 330 g/mol. The van der Waals surface area contributed by atoms with Crippen LogP contribution in [0, 0.1) is 0 Å². The Labute approximate surface area is 141 Å². The zero-order valence-electron chi connectivity index (χ0n) is 14.0. The lowest BCUT2D eigenvalue weighted by Crippen LogP contribution is -2.51. The number of nitrogens with zero attached hydrogens (tertiary/aromatic N) is 4. The van der Waals surface area contributed by atoms with Crippen molar-refractivity contribution in [3.05, 3.63) is 30.3 Å². The van der Waals surface area contributed by atoms with E-state index < -0.39 is 17.8 Å². The zero-order valence-corrected chi connectivity index (χ0v) is 14.0. The largest absolute Gasteiger partial charge is 0.369 e. The lowest BCUT2D eigenvalue weighted by Gasteiger charge is -2.37. The van der Waals surface area contributed by atoms with Crippen molar-refractivity contribution in [1.29, 1.82) is 0 Å². The second-order valence-electron chi connectivity index (χ2n) is 6.37. The van der Waals surface area contributed by atoms with Crippen LogP contribution in [0.15, 0.2) is 30.3 Å². The first-order chi connectivity index (χ1) is 11.5. The van der Waals surface area contributed by atoms with Gasteiger partial charge in [0.25, 0.3) is 0 Å². The minimum atomic E-state index is -0.724. The van der Waals surface area contributed by atoms with Gasteiger partial charge in [-0.3, -0.25) is 19.4 Å². The average molecular weight is 330 g/mol. The first-order valence-electron chi connectivity index (χ1n) is 8.20. The maximum Gasteiger partial charge on any atom is 0.335 e. The van der Waals surface area contributed by atoms with Gasteiger partial charge in [-0.2, -0.15) is 0 Å². The predicted molar refractivity (Wildman–Crippen MR) is 89.3 cm³/mol. The average Bonchev–Trinajstić information content (AvgIpc) is 2.80. The van der Waals surface area contributed by atoms with Gasteiger partial charge in [-0.15, -0.1) is 0 Å². The predicted octanol–water partition coefficient (Wildman–Crippen LogP) is 0.965. The molecule has 0 spiro atoms. The maximum atomic E-state index is 12.3. The number of hydrogen-bond acceptors (Lipinski definition) is 5. The van der Waals surface area contributed by atoms with Crippen LogP contribution in [-0.2, 0) is 9.59 Å². The molecule has 2 heterocycles. The van der Waals surface area contributed by atoms with E-state index in [1.54, 1.807) is 13.8 Å². The summed E-state index contributed by atoms with van der Waals surface area (Å²) in [4.78, 5) is 42.7. The number of carbonyl (C=O) groups is 3. The van der Waals surface area contributed by atoms with Crippen LogP contribution in [-0.4, -0.2) is 71.4 Å². The smallest absolute Gasteiger partial charge is 0.335 e. The molecule has 4 amide bonds. The molecule has 0 aromatic heterocycles. The van der Waals surface area contributed by atoms with E-state index in [1.807, 2.05) is 23.1 Å². The van der Waals surface area contributed by atoms with Gasteiger partial charge in [0.15, 0.2) is 0 Å². The van der Waals surface area contributed by atoms with Crippen LogP contribution >= 0.6 is 0 Å². The summed E-state index contributed by atoms with van der Waals surface area (Å²) in [7, 11) is 0. The molecule has 2 aliphatic rings. The summed E-state index contributed by atoms with van der Waals surface area (Å²) in [6.45, 7) is 6.75. The third-order valence-electron chi connectivity index (χ3n) is 4.44. The van der Waals surface area contributed by atoms with Crippen LogP contribution in [0.2, 0.25) is 0 Å². The van der Waals surface area contributed by atoms with Crippen LogP contribution in [0.5, 0.6) is 0 Å². The second kappa shape index (κ2) is 6.60. The fourth-order valence-electron chi connectivity index (χ4n) is 3.09. The second-order valence-corrected chi connectivity index (χ2v) is 6.37. The number of urea groups is 1. The summed E-state index contributed by atoms with van der Waals surface area (Å²) in [5.74, 6) is -1.45. The number of hydrogen-bond donors (Lipinski definition) is 0. The van der Waals surface area contributed by atoms with E-state index in [4.69, 9.17) is 0 Å². The van der Waals surface area contributed by atoms with Gasteiger partial charge in [0, 0.05) is 37.9 Å². The quantitative estimate of drug-likeness (QED) is 0.608. The van der Waals surface area contributed by atoms with Gasteiger partial charge in [0.1, 0.15) is 0 Å². The molecule has 7 nitrogen and oxygen atoms in total. The lowest BCUT2D eigenvalue weighted by atomic mass is 10.2. The number of amides is 4. The minimum Gasteiger partial charge on any atom is -0.369 e. The van der Waals surface area contributed by atoms with E-state index in [0.29, 0.717) is 0 Å². The third-order valence-corrected chi connectivity index (χ3v) is 4.44. The summed E-state index contributed by atoms with van der Waals surface area (Å²) in [6.07, 6.45) is 0. The Morgan fingerprint density at radius 2 is 1.54 bits per heavy atom. The first-order valence-corrected chi connectivity index (χ1v) is 8.20. The van der Waals surface area contributed by atoms with Gasteiger partial charge in [0.05, 0.1) is 6.67 Å². The highest BCUT2D eigenvalue weighted by molar-refractivity contribution is 6.44. The van der Waals surface area contributed by atoms with Crippen molar-refractivity contribution < 1.29 is 14.4 Å². The van der Waals surface area contributed by atoms with Crippen LogP contribution < -0.4 is 4.90 Å². The molecular formula is C17H22N4O3. The number of piperazine rings is 1. The molecule has 2 fully saturated rings. The Morgan fingerprint density at radius 3 is 2.08 bits per heavy atom. The molecule has 7 heteroatoms. The SMILES string of the molecule is CC(C)N1C(=O)C(=O)N(CN2CCN(c3ccccc3)CC2)C1=O. The standard InChI is InChI=1S/C17H22N4O3/c1-13(2)21-16(23)15(22)20(17(21)24)12-18-8-10-19(11-9-18)14-6-4-3-5-7-14/h3-7,13H,8-12H2,1-2H3. The number of rotatable bonds is 4. The number of carbonyl (C=O) groups excluding carboxylic acids is 3. The molecule has 24 heavy (non-hydrogen) atoms. The number of benzene rings is 1. The minimum absolute atomic E-state index is 0.176. The Hall–Kier alpha value is -2.41. The van der Waals surface area contributed by atoms with E-state index in [-0.39, 0.29) is 12.7 Å². The Balaban J connectivity index is 1.59. The van der Waals surface area contributed by atoms with Crippen LogP contribution in [0.4, 0.5) is 10.5 Å². The lowest BCUT2D eigenvalue weighted by molar-refractivity contribution is -0.144. The van der Waals surface area contributed by atoms with Crippen molar-refractivity contribution in [2.45, 2.75) is 19.9 Å². The molecular weight excluding hydrogens is 308 g/mol. The topological polar surface area (TPSA) is 64.2 Å². The molecule has 0 unspecified atom stereocenters. The maximum absolute atomic E-state index is 12.3. The van der Waals surface area contributed by atoms with E-state index in [9.17, 15) is 14.4 Å². The first kappa shape index (κ1) is 16.4. The molecule has 3 rings (SSSR count). The highest BCUT2D eigenvalue weighted by Gasteiger charge is 2.46. The Morgan fingerprint density at radius 1 is 0.917 bits per heavy atom. The summed E-state index contributed by atoms with van der Waals surface area (Å²) >= 11 is 0. The van der Waals surface area contributed by atoms with Gasteiger partial charge < -0.3 is 4.90 Å². The highest BCUT2D eigenvalue weighted by atomic mass is 16.2. The Kier molecular flexibility index (Phi) is 4.53. The summed E-state index contributed by atoms with van der Waals surface area (Å²) in [5.41, 5.74) is 1.17. The third kappa shape index (κ3) is 2.99.